The lowest BCUT2D eigenvalue weighted by atomic mass is 9.97. The van der Waals surface area contributed by atoms with E-state index in [4.69, 9.17) is 9.15 Å². The Morgan fingerprint density at radius 2 is 1.63 bits per heavy atom. The monoisotopic (exact) mass is 477 g/mol. The van der Waals surface area contributed by atoms with Crippen molar-refractivity contribution in [2.24, 2.45) is 5.92 Å². The lowest BCUT2D eigenvalue weighted by Gasteiger charge is -2.36. The van der Waals surface area contributed by atoms with E-state index in [9.17, 15) is 9.59 Å². The topological polar surface area (TPSA) is 75.0 Å². The largest absolute Gasteiger partial charge is 0.495 e. The number of furan rings is 1. The highest BCUT2D eigenvalue weighted by Gasteiger charge is 2.30. The molecule has 0 radical (unpaired) electrons. The Morgan fingerprint density at radius 1 is 0.971 bits per heavy atom. The van der Waals surface area contributed by atoms with Gasteiger partial charge in [-0.1, -0.05) is 51.0 Å². The van der Waals surface area contributed by atoms with Gasteiger partial charge in [0.25, 0.3) is 5.91 Å². The number of rotatable bonds is 9. The molecule has 0 unspecified atom stereocenters. The van der Waals surface area contributed by atoms with Gasteiger partial charge >= 0.3 is 0 Å². The second-order valence-corrected chi connectivity index (χ2v) is 9.02. The maximum Gasteiger partial charge on any atom is 0.291 e. The minimum absolute atomic E-state index is 0.0460. The van der Waals surface area contributed by atoms with Gasteiger partial charge < -0.3 is 24.3 Å². The number of benzene rings is 2. The van der Waals surface area contributed by atoms with Crippen molar-refractivity contribution in [1.82, 2.24) is 4.90 Å². The van der Waals surface area contributed by atoms with Crippen LogP contribution in [0.2, 0.25) is 0 Å². The first kappa shape index (κ1) is 24.6. The van der Waals surface area contributed by atoms with Gasteiger partial charge in [-0.05, 0) is 37.1 Å². The number of hydrogen-bond acceptors (Lipinski definition) is 5. The fraction of sp³-hybridized carbons (Fsp3) is 0.429. The van der Waals surface area contributed by atoms with E-state index in [1.807, 2.05) is 48.5 Å². The molecule has 0 spiro atoms. The van der Waals surface area contributed by atoms with Crippen LogP contribution in [-0.2, 0) is 4.79 Å². The van der Waals surface area contributed by atoms with Gasteiger partial charge in [0, 0.05) is 37.5 Å². The molecular weight excluding hydrogens is 442 g/mol. The highest BCUT2D eigenvalue weighted by molar-refractivity contribution is 6.11. The third-order valence-electron chi connectivity index (χ3n) is 6.68. The molecule has 1 saturated heterocycles. The molecule has 7 heteroatoms. The van der Waals surface area contributed by atoms with Gasteiger partial charge in [0.15, 0.2) is 0 Å². The summed E-state index contributed by atoms with van der Waals surface area (Å²) >= 11 is 0. The highest BCUT2D eigenvalue weighted by Crippen LogP contribution is 2.34. The summed E-state index contributed by atoms with van der Waals surface area (Å²) in [6.07, 6.45) is 3.52. The summed E-state index contributed by atoms with van der Waals surface area (Å²) in [6.45, 7) is 6.64. The Balaban J connectivity index is 1.55. The molecule has 1 aliphatic rings. The van der Waals surface area contributed by atoms with Gasteiger partial charge in [-0.3, -0.25) is 9.59 Å². The van der Waals surface area contributed by atoms with E-state index in [0.717, 1.165) is 42.5 Å². The van der Waals surface area contributed by atoms with Gasteiger partial charge in [-0.25, -0.2) is 0 Å². The Kier molecular flexibility index (Phi) is 7.95. The number of nitrogens with zero attached hydrogens (tertiary/aromatic N) is 2. The van der Waals surface area contributed by atoms with Gasteiger partial charge in [-0.15, -0.1) is 0 Å². The van der Waals surface area contributed by atoms with Crippen molar-refractivity contribution in [1.29, 1.82) is 0 Å². The molecule has 1 aliphatic heterocycles. The summed E-state index contributed by atoms with van der Waals surface area (Å²) in [4.78, 5) is 30.8. The molecule has 0 aliphatic carbocycles. The van der Waals surface area contributed by atoms with Crippen LogP contribution in [0.1, 0.15) is 50.1 Å². The molecule has 0 bridgehead atoms. The summed E-state index contributed by atoms with van der Waals surface area (Å²) in [6, 6.07) is 15.4. The molecule has 186 valence electrons. The van der Waals surface area contributed by atoms with Crippen LogP contribution < -0.4 is 15.0 Å². The van der Waals surface area contributed by atoms with E-state index < -0.39 is 0 Å². The molecule has 2 aromatic carbocycles. The van der Waals surface area contributed by atoms with Crippen molar-refractivity contribution in [3.63, 3.8) is 0 Å². The summed E-state index contributed by atoms with van der Waals surface area (Å²) in [5, 5.41) is 3.82. The number of carbonyl (C=O) groups excluding carboxylic acids is 2. The molecule has 35 heavy (non-hydrogen) atoms. The van der Waals surface area contributed by atoms with Crippen LogP contribution in [0.4, 0.5) is 11.4 Å². The van der Waals surface area contributed by atoms with E-state index in [0.29, 0.717) is 37.4 Å². The predicted octanol–water partition coefficient (Wildman–Crippen LogP) is 5.56. The smallest absolute Gasteiger partial charge is 0.291 e. The molecule has 1 N–H and O–H groups in total. The molecule has 2 amide bonds. The van der Waals surface area contributed by atoms with Crippen molar-refractivity contribution in [3.8, 4) is 5.75 Å². The summed E-state index contributed by atoms with van der Waals surface area (Å²) < 4.78 is 11.5. The van der Waals surface area contributed by atoms with E-state index in [-0.39, 0.29) is 23.5 Å². The van der Waals surface area contributed by atoms with Crippen LogP contribution in [0.5, 0.6) is 5.75 Å². The predicted molar refractivity (Wildman–Crippen MR) is 139 cm³/mol. The average Bonchev–Trinajstić information content (AvgIpc) is 3.26. The minimum Gasteiger partial charge on any atom is -0.495 e. The first-order valence-corrected chi connectivity index (χ1v) is 12.6. The molecule has 2 heterocycles. The molecular formula is C28H35N3O4. The number of ether oxygens (including phenoxy) is 1. The standard InChI is InChI=1S/C28H35N3O4/c1-4-10-20(11-5-2)27(32)29-25-21-12-6-8-14-23(21)35-26(25)28(33)31-18-16-30(17-19-31)22-13-7-9-15-24(22)34-3/h6-9,12-15,20H,4-5,10-11,16-19H2,1-3H3,(H,29,32). The normalized spacial score (nSPS) is 13.9. The molecule has 4 rings (SSSR count). The number of fused-ring (bicyclic) bond motifs is 1. The molecule has 1 aromatic heterocycles. The number of nitrogens with one attached hydrogen (secondary N) is 1. The summed E-state index contributed by atoms with van der Waals surface area (Å²) in [5.74, 6) is 0.709. The van der Waals surface area contributed by atoms with Crippen molar-refractivity contribution in [3.05, 3.63) is 54.3 Å². The number of para-hydroxylation sites is 3. The molecule has 3 aromatic rings. The summed E-state index contributed by atoms with van der Waals surface area (Å²) in [7, 11) is 1.67. The van der Waals surface area contributed by atoms with Crippen LogP contribution in [-0.4, -0.2) is 50.0 Å². The second-order valence-electron chi connectivity index (χ2n) is 9.02. The zero-order valence-corrected chi connectivity index (χ0v) is 20.9. The first-order chi connectivity index (χ1) is 17.1. The number of carbonyl (C=O) groups is 2. The van der Waals surface area contributed by atoms with Crippen LogP contribution in [0.25, 0.3) is 11.0 Å². The fourth-order valence-electron chi connectivity index (χ4n) is 4.83. The van der Waals surface area contributed by atoms with Crippen LogP contribution in [0.3, 0.4) is 0 Å². The Labute approximate surface area is 207 Å². The molecule has 0 atom stereocenters. The van der Waals surface area contributed by atoms with E-state index in [2.05, 4.69) is 24.1 Å². The van der Waals surface area contributed by atoms with Crippen molar-refractivity contribution < 1.29 is 18.7 Å². The fourth-order valence-corrected chi connectivity index (χ4v) is 4.83. The van der Waals surface area contributed by atoms with Crippen LogP contribution in [0.15, 0.2) is 52.9 Å². The zero-order valence-electron chi connectivity index (χ0n) is 20.9. The molecule has 1 fully saturated rings. The lowest BCUT2D eigenvalue weighted by molar-refractivity contribution is -0.120. The summed E-state index contributed by atoms with van der Waals surface area (Å²) in [5.41, 5.74) is 2.11. The number of piperazine rings is 1. The van der Waals surface area contributed by atoms with E-state index in [1.54, 1.807) is 12.0 Å². The van der Waals surface area contributed by atoms with Gasteiger partial charge in [-0.2, -0.15) is 0 Å². The van der Waals surface area contributed by atoms with Gasteiger partial charge in [0.05, 0.1) is 12.8 Å². The van der Waals surface area contributed by atoms with E-state index in [1.165, 1.54) is 0 Å². The van der Waals surface area contributed by atoms with Gasteiger partial charge in [0.1, 0.15) is 17.0 Å². The number of amides is 2. The molecule has 0 saturated carbocycles. The minimum atomic E-state index is -0.196. The van der Waals surface area contributed by atoms with Crippen molar-refractivity contribution >= 4 is 34.2 Å². The Morgan fingerprint density at radius 3 is 2.31 bits per heavy atom. The lowest BCUT2D eigenvalue weighted by Crippen LogP contribution is -2.49. The quantitative estimate of drug-likeness (QED) is 0.437. The van der Waals surface area contributed by atoms with E-state index >= 15 is 0 Å². The zero-order chi connectivity index (χ0) is 24.8. The average molecular weight is 478 g/mol. The highest BCUT2D eigenvalue weighted by atomic mass is 16.5. The first-order valence-electron chi connectivity index (χ1n) is 12.6. The van der Waals surface area contributed by atoms with Gasteiger partial charge in [0.2, 0.25) is 11.7 Å². The maximum atomic E-state index is 13.6. The third kappa shape index (κ3) is 5.29. The van der Waals surface area contributed by atoms with Crippen molar-refractivity contribution in [2.75, 3.05) is 43.5 Å². The van der Waals surface area contributed by atoms with Crippen LogP contribution in [0, 0.1) is 5.92 Å². The number of methoxy groups -OCH3 is 1. The second kappa shape index (κ2) is 11.3. The van der Waals surface area contributed by atoms with Crippen LogP contribution >= 0.6 is 0 Å². The number of hydrogen-bond donors (Lipinski definition) is 1. The third-order valence-corrected chi connectivity index (χ3v) is 6.68. The Bertz CT molecular complexity index is 1160. The molecule has 7 nitrogen and oxygen atoms in total. The van der Waals surface area contributed by atoms with Crippen molar-refractivity contribution in [2.45, 2.75) is 39.5 Å². The Hall–Kier alpha value is -3.48. The number of anilines is 2. The maximum absolute atomic E-state index is 13.6. The SMILES string of the molecule is CCCC(CCC)C(=O)Nc1c(C(=O)N2CCN(c3ccccc3OC)CC2)oc2ccccc12.